The molecule has 0 aromatic rings. The molecule has 0 aliphatic carbocycles. The number of guanidine groups is 1. The van der Waals surface area contributed by atoms with Crippen molar-refractivity contribution in [1.29, 1.82) is 0 Å². The van der Waals surface area contributed by atoms with E-state index in [0.29, 0.717) is 5.75 Å². The molecule has 0 heterocycles. The minimum absolute atomic E-state index is 0.0162. The summed E-state index contributed by atoms with van der Waals surface area (Å²) in [5.41, 5.74) is 21.3. The summed E-state index contributed by atoms with van der Waals surface area (Å²) in [6.07, 6.45) is 1.92. The second-order valence-corrected chi connectivity index (χ2v) is 8.90. The number of hydrogen-bond donors (Lipinski definition) is 9. The Bertz CT molecular complexity index is 766. The zero-order valence-electron chi connectivity index (χ0n) is 19.6. The molecule has 35 heavy (non-hydrogen) atoms. The van der Waals surface area contributed by atoms with E-state index in [1.54, 1.807) is 0 Å². The van der Waals surface area contributed by atoms with Gasteiger partial charge >= 0.3 is 5.97 Å². The van der Waals surface area contributed by atoms with Crippen LogP contribution in [-0.2, 0) is 24.0 Å². The number of nitrogens with two attached hydrogens (primary N) is 4. The first-order valence-electron chi connectivity index (χ1n) is 10.8. The number of aliphatic imine (C=N–C) groups is 1. The van der Waals surface area contributed by atoms with E-state index in [-0.39, 0.29) is 50.4 Å². The lowest BCUT2D eigenvalue weighted by atomic mass is 10.1. The highest BCUT2D eigenvalue weighted by Crippen LogP contribution is 2.06. The van der Waals surface area contributed by atoms with Gasteiger partial charge in [0.1, 0.15) is 18.1 Å². The van der Waals surface area contributed by atoms with E-state index in [9.17, 15) is 29.1 Å². The summed E-state index contributed by atoms with van der Waals surface area (Å²) in [6.45, 7) is 0.162. The minimum atomic E-state index is -1.30. The van der Waals surface area contributed by atoms with Gasteiger partial charge in [-0.1, -0.05) is 0 Å². The molecule has 0 radical (unpaired) electrons. The number of carbonyl (C=O) groups excluding carboxylic acids is 4. The fraction of sp³-hybridized carbons (Fsp3) is 0.684. The third kappa shape index (κ3) is 14.3. The number of rotatable bonds is 18. The number of primary amides is 1. The number of carbonyl (C=O) groups is 5. The van der Waals surface area contributed by atoms with Gasteiger partial charge in [-0.05, 0) is 37.7 Å². The maximum atomic E-state index is 12.9. The highest BCUT2D eigenvalue weighted by Gasteiger charge is 2.30. The number of hydrogen-bond acceptors (Lipinski definition) is 9. The highest BCUT2D eigenvalue weighted by molar-refractivity contribution is 7.98. The van der Waals surface area contributed by atoms with E-state index >= 15 is 0 Å². The average Bonchev–Trinajstić information content (AvgIpc) is 2.79. The van der Waals surface area contributed by atoms with Crippen molar-refractivity contribution in [3.63, 3.8) is 0 Å². The van der Waals surface area contributed by atoms with Gasteiger partial charge in [0.25, 0.3) is 0 Å². The molecule has 0 fully saturated rings. The van der Waals surface area contributed by atoms with E-state index in [0.717, 1.165) is 0 Å². The molecule has 0 aromatic carbocycles. The van der Waals surface area contributed by atoms with Crippen LogP contribution in [-0.4, -0.2) is 89.1 Å². The third-order valence-corrected chi connectivity index (χ3v) is 5.69. The lowest BCUT2D eigenvalue weighted by Crippen LogP contribution is -2.57. The molecule has 4 unspecified atom stereocenters. The molecule has 0 saturated carbocycles. The Labute approximate surface area is 213 Å². The van der Waals surface area contributed by atoms with Gasteiger partial charge in [-0.25, -0.2) is 4.79 Å². The van der Waals surface area contributed by atoms with Gasteiger partial charge in [0.05, 0.1) is 6.04 Å². The predicted molar refractivity (Wildman–Crippen MR) is 137 cm³/mol. The molecule has 0 spiro atoms. The molecular weight excluding hydrogens is 500 g/mol. The maximum Gasteiger partial charge on any atom is 0.326 e. The monoisotopic (exact) mass is 536 g/mol. The van der Waals surface area contributed by atoms with Crippen LogP contribution >= 0.6 is 24.4 Å². The summed E-state index contributed by atoms with van der Waals surface area (Å²) in [7, 11) is 0. The number of thiol groups is 1. The zero-order chi connectivity index (χ0) is 27.0. The number of thioether (sulfide) groups is 1. The first-order valence-corrected chi connectivity index (χ1v) is 12.8. The van der Waals surface area contributed by atoms with Gasteiger partial charge in [-0.15, -0.1) is 0 Å². The molecule has 0 bridgehead atoms. The van der Waals surface area contributed by atoms with E-state index in [1.165, 1.54) is 11.8 Å². The van der Waals surface area contributed by atoms with Crippen LogP contribution in [0.1, 0.15) is 32.1 Å². The van der Waals surface area contributed by atoms with Crippen molar-refractivity contribution in [3.05, 3.63) is 0 Å². The second-order valence-electron chi connectivity index (χ2n) is 7.55. The first-order chi connectivity index (χ1) is 16.4. The van der Waals surface area contributed by atoms with Gasteiger partial charge < -0.3 is 44.0 Å². The Morgan fingerprint density at radius 2 is 1.46 bits per heavy atom. The second kappa shape index (κ2) is 17.7. The van der Waals surface area contributed by atoms with E-state index < -0.39 is 53.8 Å². The van der Waals surface area contributed by atoms with Crippen LogP contribution in [0.2, 0.25) is 0 Å². The van der Waals surface area contributed by atoms with Crippen LogP contribution in [0, 0.1) is 0 Å². The molecule has 0 aliphatic rings. The van der Waals surface area contributed by atoms with Gasteiger partial charge in [0.2, 0.25) is 23.6 Å². The molecular formula is C19H36N8O6S2. The number of nitrogens with one attached hydrogen (secondary N) is 3. The largest absolute Gasteiger partial charge is 0.480 e. The van der Waals surface area contributed by atoms with Crippen molar-refractivity contribution in [2.24, 2.45) is 27.9 Å². The van der Waals surface area contributed by atoms with Crippen LogP contribution in [0.15, 0.2) is 4.99 Å². The Morgan fingerprint density at radius 1 is 0.914 bits per heavy atom. The lowest BCUT2D eigenvalue weighted by molar-refractivity contribution is -0.142. The molecule has 12 N–H and O–H groups in total. The zero-order valence-corrected chi connectivity index (χ0v) is 21.3. The van der Waals surface area contributed by atoms with Gasteiger partial charge in [-0.2, -0.15) is 24.4 Å². The number of carboxylic acid groups (broad SMARTS) is 1. The van der Waals surface area contributed by atoms with Crippen LogP contribution in [0.3, 0.4) is 0 Å². The Kier molecular flexibility index (Phi) is 16.3. The Balaban J connectivity index is 5.46. The summed E-state index contributed by atoms with van der Waals surface area (Å²) in [5.74, 6) is -3.68. The number of nitrogens with zero attached hydrogens (tertiary/aromatic N) is 1. The normalized spacial score (nSPS) is 14.0. The molecule has 0 saturated heterocycles. The molecule has 0 aromatic heterocycles. The highest BCUT2D eigenvalue weighted by atomic mass is 32.2. The lowest BCUT2D eigenvalue weighted by Gasteiger charge is -2.25. The van der Waals surface area contributed by atoms with Gasteiger partial charge in [-0.3, -0.25) is 24.2 Å². The van der Waals surface area contributed by atoms with E-state index in [4.69, 9.17) is 22.9 Å². The van der Waals surface area contributed by atoms with Crippen LogP contribution in [0.5, 0.6) is 0 Å². The number of aliphatic carboxylic acids is 1. The smallest absolute Gasteiger partial charge is 0.326 e. The fourth-order valence-electron chi connectivity index (χ4n) is 2.73. The number of amides is 4. The van der Waals surface area contributed by atoms with Gasteiger partial charge in [0, 0.05) is 18.7 Å². The summed E-state index contributed by atoms with van der Waals surface area (Å²) < 4.78 is 0. The van der Waals surface area contributed by atoms with Gasteiger partial charge in [0.15, 0.2) is 5.96 Å². The molecule has 16 heteroatoms. The first kappa shape index (κ1) is 32.3. The quantitative estimate of drug-likeness (QED) is 0.0368. The molecule has 0 rings (SSSR count). The molecule has 200 valence electrons. The topological polar surface area (TPSA) is 258 Å². The van der Waals surface area contributed by atoms with Crippen molar-refractivity contribution >= 4 is 59.9 Å². The SMILES string of the molecule is CSCCC(NC(=O)C(N)CS)C(=O)NC(CCC(N)=O)C(=O)NC(CCCN=C(N)N)C(=O)O. The van der Waals surface area contributed by atoms with Crippen LogP contribution in [0.4, 0.5) is 0 Å². The molecule has 4 atom stereocenters. The van der Waals surface area contributed by atoms with E-state index in [1.807, 2.05) is 6.26 Å². The average molecular weight is 537 g/mol. The minimum Gasteiger partial charge on any atom is -0.480 e. The predicted octanol–water partition coefficient (Wildman–Crippen LogP) is -3.15. The Morgan fingerprint density at radius 3 is 1.94 bits per heavy atom. The van der Waals surface area contributed by atoms with Crippen molar-refractivity contribution in [2.75, 3.05) is 24.3 Å². The summed E-state index contributed by atoms with van der Waals surface area (Å²) in [6, 6.07) is -4.52. The summed E-state index contributed by atoms with van der Waals surface area (Å²) in [5, 5.41) is 16.8. The van der Waals surface area contributed by atoms with Crippen molar-refractivity contribution in [3.8, 4) is 0 Å². The molecule has 4 amide bonds. The van der Waals surface area contributed by atoms with E-state index in [2.05, 4.69) is 33.6 Å². The summed E-state index contributed by atoms with van der Waals surface area (Å²) in [4.78, 5) is 64.5. The number of carboxylic acids is 1. The fourth-order valence-corrected chi connectivity index (χ4v) is 3.36. The van der Waals surface area contributed by atoms with Crippen molar-refractivity contribution in [1.82, 2.24) is 16.0 Å². The molecule has 14 nitrogen and oxygen atoms in total. The standard InChI is InChI=1S/C19H36N8O6S2/c1-35-8-6-12(25-15(29)10(20)9-34)17(31)26-11(4-5-14(21)28)16(30)27-13(18(32)33)3-2-7-24-19(22)23/h10-13,34H,2-9,20H2,1H3,(H2,21,28)(H,25,29)(H,26,31)(H,27,30)(H,32,33)(H4,22,23,24). The van der Waals surface area contributed by atoms with Crippen molar-refractivity contribution < 1.29 is 29.1 Å². The van der Waals surface area contributed by atoms with Crippen LogP contribution < -0.4 is 38.9 Å². The molecule has 0 aliphatic heterocycles. The summed E-state index contributed by atoms with van der Waals surface area (Å²) >= 11 is 5.41. The van der Waals surface area contributed by atoms with Crippen molar-refractivity contribution in [2.45, 2.75) is 56.3 Å². The maximum absolute atomic E-state index is 12.9. The Hall–Kier alpha value is -2.72. The van der Waals surface area contributed by atoms with Crippen LogP contribution in [0.25, 0.3) is 0 Å². The third-order valence-electron chi connectivity index (χ3n) is 4.65.